The monoisotopic (exact) mass is 257 g/mol. The lowest BCUT2D eigenvalue weighted by Gasteiger charge is -2.39. The van der Waals surface area contributed by atoms with Crippen molar-refractivity contribution >= 4 is 6.09 Å². The number of alkyl carbamates (subject to hydrolysis) is 1. The Balaban J connectivity index is 2.63. The maximum absolute atomic E-state index is 11.9. The molecule has 0 aromatic carbocycles. The molecule has 0 spiro atoms. The fourth-order valence-corrected chi connectivity index (χ4v) is 2.69. The van der Waals surface area contributed by atoms with Crippen LogP contribution in [0.15, 0.2) is 0 Å². The minimum absolute atomic E-state index is 0.283. The van der Waals surface area contributed by atoms with E-state index in [0.29, 0.717) is 6.42 Å². The quantitative estimate of drug-likeness (QED) is 0.817. The molecule has 0 heterocycles. The highest BCUT2D eigenvalue weighted by Gasteiger charge is 2.35. The number of rotatable bonds is 3. The van der Waals surface area contributed by atoms with Crippen molar-refractivity contribution in [3.63, 3.8) is 0 Å². The van der Waals surface area contributed by atoms with E-state index in [2.05, 4.69) is 5.32 Å². The maximum atomic E-state index is 11.9. The molecule has 0 bridgehead atoms. The van der Waals surface area contributed by atoms with Gasteiger partial charge in [0.1, 0.15) is 5.60 Å². The van der Waals surface area contributed by atoms with Gasteiger partial charge in [-0.2, -0.15) is 0 Å². The van der Waals surface area contributed by atoms with Crippen LogP contribution in [0.3, 0.4) is 0 Å². The first kappa shape index (κ1) is 15.3. The number of aliphatic hydroxyl groups is 1. The van der Waals surface area contributed by atoms with Crippen LogP contribution < -0.4 is 5.32 Å². The standard InChI is InChI=1S/C14H27NO3/c1-11(16)10-14(8-6-5-7-9-14)15-12(17)18-13(2,3)4/h11,16H,5-10H2,1-4H3,(H,15,17). The molecule has 1 rings (SSSR count). The molecule has 0 saturated heterocycles. The van der Waals surface area contributed by atoms with Crippen LogP contribution in [0.4, 0.5) is 4.79 Å². The summed E-state index contributed by atoms with van der Waals surface area (Å²) in [5, 5.41) is 12.6. The number of carbonyl (C=O) groups is 1. The van der Waals surface area contributed by atoms with E-state index in [0.717, 1.165) is 25.7 Å². The molecule has 0 aromatic rings. The van der Waals surface area contributed by atoms with Crippen LogP contribution in [-0.4, -0.2) is 28.4 Å². The van der Waals surface area contributed by atoms with Crippen molar-refractivity contribution in [2.45, 2.75) is 83.5 Å². The van der Waals surface area contributed by atoms with E-state index in [-0.39, 0.29) is 11.6 Å². The lowest BCUT2D eigenvalue weighted by molar-refractivity contribution is 0.0359. The van der Waals surface area contributed by atoms with Crippen LogP contribution in [0.2, 0.25) is 0 Å². The maximum Gasteiger partial charge on any atom is 0.408 e. The van der Waals surface area contributed by atoms with Crippen LogP contribution in [0.5, 0.6) is 0 Å². The molecule has 0 radical (unpaired) electrons. The average molecular weight is 257 g/mol. The molecule has 106 valence electrons. The summed E-state index contributed by atoms with van der Waals surface area (Å²) in [6, 6.07) is 0. The van der Waals surface area contributed by atoms with Crippen molar-refractivity contribution in [3.05, 3.63) is 0 Å². The first-order valence-electron chi connectivity index (χ1n) is 6.92. The largest absolute Gasteiger partial charge is 0.444 e. The minimum Gasteiger partial charge on any atom is -0.444 e. The van der Waals surface area contributed by atoms with Crippen LogP contribution in [0.1, 0.15) is 66.2 Å². The number of nitrogens with one attached hydrogen (secondary N) is 1. The SMILES string of the molecule is CC(O)CC1(NC(=O)OC(C)(C)C)CCCCC1. The second-order valence-corrected chi connectivity index (χ2v) is 6.52. The van der Waals surface area contributed by atoms with Gasteiger partial charge < -0.3 is 15.2 Å². The van der Waals surface area contributed by atoms with Gasteiger partial charge in [0.2, 0.25) is 0 Å². The van der Waals surface area contributed by atoms with Gasteiger partial charge in [-0.05, 0) is 47.0 Å². The predicted molar refractivity (Wildman–Crippen MR) is 71.5 cm³/mol. The Kier molecular flexibility index (Phi) is 5.02. The van der Waals surface area contributed by atoms with Crippen LogP contribution >= 0.6 is 0 Å². The van der Waals surface area contributed by atoms with Gasteiger partial charge in [0.05, 0.1) is 6.10 Å². The number of hydrogen-bond donors (Lipinski definition) is 2. The Morgan fingerprint density at radius 2 is 1.89 bits per heavy atom. The topological polar surface area (TPSA) is 58.6 Å². The van der Waals surface area contributed by atoms with E-state index in [9.17, 15) is 9.90 Å². The van der Waals surface area contributed by atoms with E-state index in [1.54, 1.807) is 6.92 Å². The van der Waals surface area contributed by atoms with Gasteiger partial charge in [-0.1, -0.05) is 19.3 Å². The normalized spacial score (nSPS) is 21.2. The summed E-state index contributed by atoms with van der Waals surface area (Å²) in [6.07, 6.45) is 5.09. The number of ether oxygens (including phenoxy) is 1. The molecule has 1 unspecified atom stereocenters. The summed E-state index contributed by atoms with van der Waals surface area (Å²) in [6.45, 7) is 7.34. The minimum atomic E-state index is -0.481. The van der Waals surface area contributed by atoms with Gasteiger partial charge in [0.15, 0.2) is 0 Å². The third kappa shape index (κ3) is 5.25. The zero-order valence-corrected chi connectivity index (χ0v) is 12.1. The van der Waals surface area contributed by atoms with Crippen molar-refractivity contribution in [3.8, 4) is 0 Å². The van der Waals surface area contributed by atoms with Crippen molar-refractivity contribution in [2.24, 2.45) is 0 Å². The van der Waals surface area contributed by atoms with E-state index < -0.39 is 11.7 Å². The molecule has 2 N–H and O–H groups in total. The second-order valence-electron chi connectivity index (χ2n) is 6.52. The van der Waals surface area contributed by atoms with Gasteiger partial charge in [-0.25, -0.2) is 4.79 Å². The Hall–Kier alpha value is -0.770. The Bertz CT molecular complexity index is 275. The fourth-order valence-electron chi connectivity index (χ4n) is 2.69. The molecular formula is C14H27NO3. The number of aliphatic hydroxyl groups excluding tert-OH is 1. The summed E-state index contributed by atoms with van der Waals surface area (Å²) in [7, 11) is 0. The smallest absolute Gasteiger partial charge is 0.408 e. The molecule has 1 aliphatic rings. The van der Waals surface area contributed by atoms with Crippen molar-refractivity contribution in [1.82, 2.24) is 5.32 Å². The average Bonchev–Trinajstić information content (AvgIpc) is 2.13. The second kappa shape index (κ2) is 5.91. The number of hydrogen-bond acceptors (Lipinski definition) is 3. The molecule has 4 nitrogen and oxygen atoms in total. The molecular weight excluding hydrogens is 230 g/mol. The zero-order chi connectivity index (χ0) is 13.8. The highest BCUT2D eigenvalue weighted by Crippen LogP contribution is 2.32. The van der Waals surface area contributed by atoms with Gasteiger partial charge in [0.25, 0.3) is 0 Å². The lowest BCUT2D eigenvalue weighted by Crippen LogP contribution is -2.52. The molecule has 1 saturated carbocycles. The highest BCUT2D eigenvalue weighted by molar-refractivity contribution is 5.68. The van der Waals surface area contributed by atoms with Crippen LogP contribution in [0, 0.1) is 0 Å². The Morgan fingerprint density at radius 3 is 2.33 bits per heavy atom. The Morgan fingerprint density at radius 1 is 1.33 bits per heavy atom. The molecule has 1 fully saturated rings. The molecule has 0 aliphatic heterocycles. The molecule has 4 heteroatoms. The molecule has 1 aliphatic carbocycles. The van der Waals surface area contributed by atoms with Crippen molar-refractivity contribution in [1.29, 1.82) is 0 Å². The number of amides is 1. The van der Waals surface area contributed by atoms with Gasteiger partial charge >= 0.3 is 6.09 Å². The summed E-state index contributed by atoms with van der Waals surface area (Å²) in [5.74, 6) is 0. The first-order chi connectivity index (χ1) is 8.22. The van der Waals surface area contributed by atoms with Gasteiger partial charge in [0, 0.05) is 5.54 Å². The van der Waals surface area contributed by atoms with Crippen LogP contribution in [-0.2, 0) is 4.74 Å². The van der Waals surface area contributed by atoms with E-state index in [1.165, 1.54) is 6.42 Å². The van der Waals surface area contributed by atoms with Gasteiger partial charge in [-0.15, -0.1) is 0 Å². The molecule has 18 heavy (non-hydrogen) atoms. The summed E-state index contributed by atoms with van der Waals surface area (Å²) in [4.78, 5) is 11.9. The van der Waals surface area contributed by atoms with Crippen LogP contribution in [0.25, 0.3) is 0 Å². The number of carbonyl (C=O) groups excluding carboxylic acids is 1. The van der Waals surface area contributed by atoms with Gasteiger partial charge in [-0.3, -0.25) is 0 Å². The summed E-state index contributed by atoms with van der Waals surface area (Å²) < 4.78 is 5.32. The van der Waals surface area contributed by atoms with Crippen molar-refractivity contribution < 1.29 is 14.6 Å². The molecule has 1 amide bonds. The third-order valence-electron chi connectivity index (χ3n) is 3.26. The summed E-state index contributed by atoms with van der Waals surface area (Å²) in [5.41, 5.74) is -0.764. The zero-order valence-electron chi connectivity index (χ0n) is 12.1. The molecule has 1 atom stereocenters. The fraction of sp³-hybridized carbons (Fsp3) is 0.929. The predicted octanol–water partition coefficient (Wildman–Crippen LogP) is 2.98. The van der Waals surface area contributed by atoms with E-state index in [1.807, 2.05) is 20.8 Å². The van der Waals surface area contributed by atoms with Crippen molar-refractivity contribution in [2.75, 3.05) is 0 Å². The van der Waals surface area contributed by atoms with E-state index >= 15 is 0 Å². The Labute approximate surface area is 110 Å². The lowest BCUT2D eigenvalue weighted by atomic mass is 9.78. The van der Waals surface area contributed by atoms with E-state index in [4.69, 9.17) is 4.74 Å². The first-order valence-corrected chi connectivity index (χ1v) is 6.92. The highest BCUT2D eigenvalue weighted by atomic mass is 16.6. The summed E-state index contributed by atoms with van der Waals surface area (Å²) >= 11 is 0. The third-order valence-corrected chi connectivity index (χ3v) is 3.26. The molecule has 0 aromatic heterocycles.